The zero-order valence-electron chi connectivity index (χ0n) is 17.4. The quantitative estimate of drug-likeness (QED) is 0.347. The van der Waals surface area contributed by atoms with Gasteiger partial charge in [0.15, 0.2) is 0 Å². The minimum Gasteiger partial charge on any atom is -0.341 e. The number of rotatable bonds is 7. The summed E-state index contributed by atoms with van der Waals surface area (Å²) < 4.78 is 30.1. The van der Waals surface area contributed by atoms with Crippen molar-refractivity contribution in [3.8, 4) is 0 Å². The highest BCUT2D eigenvalue weighted by Crippen LogP contribution is 2.28. The van der Waals surface area contributed by atoms with Crippen LogP contribution < -0.4 is 4.72 Å². The number of carbonyl (C=O) groups excluding carboxylic acids is 1. The van der Waals surface area contributed by atoms with Gasteiger partial charge in [0, 0.05) is 22.5 Å². The van der Waals surface area contributed by atoms with E-state index >= 15 is 0 Å². The molecule has 5 nitrogen and oxygen atoms in total. The van der Waals surface area contributed by atoms with E-state index in [0.717, 1.165) is 15.6 Å². The predicted octanol–water partition coefficient (Wildman–Crippen LogP) is 6.29. The number of halogens is 3. The number of nitrogens with one attached hydrogen (secondary N) is 1. The maximum absolute atomic E-state index is 13.0. The lowest BCUT2D eigenvalue weighted by Crippen LogP contribution is -2.29. The van der Waals surface area contributed by atoms with Gasteiger partial charge in [0.05, 0.1) is 21.2 Å². The van der Waals surface area contributed by atoms with E-state index in [2.05, 4.69) is 36.6 Å². The maximum atomic E-state index is 13.0. The largest absolute Gasteiger partial charge is 0.341 e. The van der Waals surface area contributed by atoms with Crippen molar-refractivity contribution in [2.45, 2.75) is 18.2 Å². The Labute approximate surface area is 210 Å². The van der Waals surface area contributed by atoms with Gasteiger partial charge in [0.2, 0.25) is 0 Å². The summed E-state index contributed by atoms with van der Waals surface area (Å²) in [6.45, 7) is 2.32. The molecule has 0 unspecified atom stereocenters. The molecule has 32 heavy (non-hydrogen) atoms. The zero-order valence-corrected chi connectivity index (χ0v) is 22.1. The molecule has 0 saturated heterocycles. The van der Waals surface area contributed by atoms with Gasteiger partial charge in [-0.2, -0.15) is 0 Å². The summed E-state index contributed by atoms with van der Waals surface area (Å²) in [6.07, 6.45) is 0.653. The molecule has 0 aliphatic rings. The van der Waals surface area contributed by atoms with Gasteiger partial charge in [0.1, 0.15) is 0 Å². The lowest BCUT2D eigenvalue weighted by molar-refractivity contribution is 0.0796. The minimum absolute atomic E-state index is 0.0425. The molecule has 1 amide bonds. The summed E-state index contributed by atoms with van der Waals surface area (Å²) in [4.78, 5) is 14.5. The third-order valence-electron chi connectivity index (χ3n) is 4.82. The number of aryl methyl sites for hydroxylation is 1. The first-order chi connectivity index (χ1) is 15.1. The highest BCUT2D eigenvalue weighted by atomic mass is 79.9. The molecule has 0 bridgehead atoms. The third-order valence-corrected chi connectivity index (χ3v) is 7.69. The van der Waals surface area contributed by atoms with E-state index in [-0.39, 0.29) is 21.4 Å². The van der Waals surface area contributed by atoms with Crippen molar-refractivity contribution in [2.24, 2.45) is 0 Å². The standard InChI is InChI=1S/C23H21Br2ClN2O3S/c1-15-6-8-20(25)22(12-15)27-32(30,31)18-7-9-21(26)19(14-18)23(29)28(2)11-10-16-4-3-5-17(24)13-16/h3-9,12-14,27H,10-11H2,1-2H3. The monoisotopic (exact) mass is 598 g/mol. The molecule has 0 radical (unpaired) electrons. The van der Waals surface area contributed by atoms with Gasteiger partial charge in [-0.15, -0.1) is 0 Å². The molecule has 3 aromatic carbocycles. The van der Waals surface area contributed by atoms with Gasteiger partial charge in [-0.3, -0.25) is 9.52 Å². The fraction of sp³-hybridized carbons (Fsp3) is 0.174. The number of likely N-dealkylation sites (N-methyl/N-ethyl adjacent to an activating group) is 1. The normalized spacial score (nSPS) is 11.3. The summed E-state index contributed by atoms with van der Waals surface area (Å²) in [7, 11) is -2.26. The SMILES string of the molecule is Cc1ccc(Br)c(NS(=O)(=O)c2ccc(Cl)c(C(=O)N(C)CCc3cccc(Br)c3)c2)c1. The van der Waals surface area contributed by atoms with Crippen LogP contribution in [0, 0.1) is 6.92 Å². The van der Waals surface area contributed by atoms with Gasteiger partial charge < -0.3 is 4.90 Å². The molecule has 0 spiro atoms. The highest BCUT2D eigenvalue weighted by Gasteiger charge is 2.21. The molecule has 168 valence electrons. The Hall–Kier alpha value is -1.87. The van der Waals surface area contributed by atoms with Gasteiger partial charge in [-0.1, -0.05) is 45.7 Å². The molecule has 3 rings (SSSR count). The molecule has 0 saturated carbocycles. The molecule has 0 fully saturated rings. The van der Waals surface area contributed by atoms with Crippen molar-refractivity contribution >= 4 is 65.1 Å². The zero-order chi connectivity index (χ0) is 23.5. The van der Waals surface area contributed by atoms with Gasteiger partial charge in [-0.05, 0) is 82.9 Å². The number of anilines is 1. The van der Waals surface area contributed by atoms with E-state index in [9.17, 15) is 13.2 Å². The molecular weight excluding hydrogens is 580 g/mol. The van der Waals surface area contributed by atoms with Gasteiger partial charge in [0.25, 0.3) is 15.9 Å². The van der Waals surface area contributed by atoms with E-state index in [1.54, 1.807) is 19.2 Å². The number of nitrogens with zero attached hydrogens (tertiary/aromatic N) is 1. The van der Waals surface area contributed by atoms with Crippen molar-refractivity contribution in [3.63, 3.8) is 0 Å². The lowest BCUT2D eigenvalue weighted by Gasteiger charge is -2.19. The smallest absolute Gasteiger partial charge is 0.261 e. The predicted molar refractivity (Wildman–Crippen MR) is 136 cm³/mol. The number of hydrogen-bond donors (Lipinski definition) is 1. The van der Waals surface area contributed by atoms with Crippen LogP contribution in [0.1, 0.15) is 21.5 Å². The number of amides is 1. The van der Waals surface area contributed by atoms with Crippen LogP contribution in [-0.4, -0.2) is 32.8 Å². The summed E-state index contributed by atoms with van der Waals surface area (Å²) in [6, 6.07) is 17.3. The highest BCUT2D eigenvalue weighted by molar-refractivity contribution is 9.10. The van der Waals surface area contributed by atoms with E-state index in [1.807, 2.05) is 37.3 Å². The van der Waals surface area contributed by atoms with Gasteiger partial charge >= 0.3 is 0 Å². The first-order valence-corrected chi connectivity index (χ1v) is 13.1. The Kier molecular flexibility index (Phi) is 8.03. The van der Waals surface area contributed by atoms with Crippen LogP contribution in [-0.2, 0) is 16.4 Å². The van der Waals surface area contributed by atoms with Crippen LogP contribution in [0.25, 0.3) is 0 Å². The molecule has 0 aromatic heterocycles. The molecule has 9 heteroatoms. The molecule has 0 aliphatic carbocycles. The average Bonchev–Trinajstić information content (AvgIpc) is 2.74. The summed E-state index contributed by atoms with van der Waals surface area (Å²) in [5.74, 6) is -0.348. The molecule has 0 atom stereocenters. The Bertz CT molecular complexity index is 1270. The number of benzene rings is 3. The van der Waals surface area contributed by atoms with E-state index in [0.29, 0.717) is 23.1 Å². The van der Waals surface area contributed by atoms with Crippen LogP contribution in [0.4, 0.5) is 5.69 Å². The number of sulfonamides is 1. The van der Waals surface area contributed by atoms with Crippen LogP contribution in [0.5, 0.6) is 0 Å². The lowest BCUT2D eigenvalue weighted by atomic mass is 10.1. The van der Waals surface area contributed by atoms with Crippen molar-refractivity contribution in [1.82, 2.24) is 4.90 Å². The summed E-state index contributed by atoms with van der Waals surface area (Å²) >= 11 is 13.0. The second-order valence-corrected chi connectivity index (χ2v) is 11.2. The van der Waals surface area contributed by atoms with Gasteiger partial charge in [-0.25, -0.2) is 8.42 Å². The molecule has 0 aliphatic heterocycles. The first kappa shape index (κ1) is 24.8. The second-order valence-electron chi connectivity index (χ2n) is 7.34. The van der Waals surface area contributed by atoms with Crippen molar-refractivity contribution in [1.29, 1.82) is 0 Å². The number of carbonyl (C=O) groups is 1. The number of hydrogen-bond acceptors (Lipinski definition) is 3. The van der Waals surface area contributed by atoms with Crippen LogP contribution in [0.2, 0.25) is 5.02 Å². The second kappa shape index (κ2) is 10.4. The maximum Gasteiger partial charge on any atom is 0.261 e. The fourth-order valence-electron chi connectivity index (χ4n) is 3.05. The third kappa shape index (κ3) is 6.13. The molecular formula is C23H21Br2ClN2O3S. The first-order valence-electron chi connectivity index (χ1n) is 9.65. The van der Waals surface area contributed by atoms with Crippen molar-refractivity contribution in [3.05, 3.63) is 91.3 Å². The molecule has 1 N–H and O–H groups in total. The van der Waals surface area contributed by atoms with Crippen molar-refractivity contribution < 1.29 is 13.2 Å². The van der Waals surface area contributed by atoms with Crippen LogP contribution >= 0.6 is 43.5 Å². The summed E-state index contributed by atoms with van der Waals surface area (Å²) in [5, 5.41) is 0.194. The average molecular weight is 601 g/mol. The minimum atomic E-state index is -3.93. The fourth-order valence-corrected chi connectivity index (χ4v) is 5.27. The molecule has 0 heterocycles. The topological polar surface area (TPSA) is 66.5 Å². The van der Waals surface area contributed by atoms with E-state index in [1.165, 1.54) is 23.1 Å². The Morgan fingerprint density at radius 1 is 1.06 bits per heavy atom. The van der Waals surface area contributed by atoms with E-state index < -0.39 is 10.0 Å². The molecule has 3 aromatic rings. The van der Waals surface area contributed by atoms with Crippen LogP contribution in [0.3, 0.4) is 0 Å². The van der Waals surface area contributed by atoms with E-state index in [4.69, 9.17) is 11.6 Å². The summed E-state index contributed by atoms with van der Waals surface area (Å²) in [5.41, 5.74) is 2.54. The Balaban J connectivity index is 1.80. The van der Waals surface area contributed by atoms with Crippen LogP contribution in [0.15, 0.2) is 74.5 Å². The Morgan fingerprint density at radius 2 is 1.81 bits per heavy atom. The Morgan fingerprint density at radius 3 is 2.53 bits per heavy atom. The van der Waals surface area contributed by atoms with Crippen molar-refractivity contribution in [2.75, 3.05) is 18.3 Å².